The summed E-state index contributed by atoms with van der Waals surface area (Å²) in [6, 6.07) is 11.9. The predicted octanol–water partition coefficient (Wildman–Crippen LogP) is 1.78. The third kappa shape index (κ3) is 15.9. The molecule has 5 heterocycles. The second-order valence-electron chi connectivity index (χ2n) is 24.3. The molecule has 0 saturated carbocycles. The molecule has 458 valence electrons. The first-order valence-electron chi connectivity index (χ1n) is 30.2. The molecular weight excluding hydrogens is 1090 g/mol. The quantitative estimate of drug-likeness (QED) is 0.136. The summed E-state index contributed by atoms with van der Waals surface area (Å²) in [4.78, 5) is 153. The van der Waals surface area contributed by atoms with Crippen LogP contribution >= 0.6 is 0 Å². The first-order chi connectivity index (χ1) is 40.7. The van der Waals surface area contributed by atoms with Crippen LogP contribution in [0, 0.1) is 11.8 Å². The van der Waals surface area contributed by atoms with Crippen LogP contribution in [0.2, 0.25) is 0 Å². The highest BCUT2D eigenvalue weighted by atomic mass is 16.3. The summed E-state index contributed by atoms with van der Waals surface area (Å²) in [7, 11) is 0. The number of benzene rings is 3. The van der Waals surface area contributed by atoms with E-state index in [1.54, 1.807) is 54.6 Å². The van der Waals surface area contributed by atoms with E-state index in [0.717, 1.165) is 0 Å². The van der Waals surface area contributed by atoms with Gasteiger partial charge < -0.3 is 61.7 Å². The average Bonchev–Trinajstić information content (AvgIpc) is 4.39. The molecule has 10 amide bonds. The Hall–Kier alpha value is -7.88. The van der Waals surface area contributed by atoms with Crippen molar-refractivity contribution >= 4 is 59.1 Å². The first-order valence-corrected chi connectivity index (χ1v) is 30.2. The smallest absolute Gasteiger partial charge is 0.248 e. The van der Waals surface area contributed by atoms with E-state index in [4.69, 9.17) is 0 Å². The van der Waals surface area contributed by atoms with E-state index >= 15 is 9.59 Å². The number of aliphatic hydroxyl groups excluding tert-OH is 1. The van der Waals surface area contributed by atoms with Crippen LogP contribution in [0.15, 0.2) is 84.9 Å². The number of hydrogen-bond donors (Lipinski definition) is 8. The maximum Gasteiger partial charge on any atom is 0.248 e. The van der Waals surface area contributed by atoms with Gasteiger partial charge in [0, 0.05) is 45.4 Å². The van der Waals surface area contributed by atoms with Gasteiger partial charge in [-0.3, -0.25) is 47.9 Å². The molecule has 0 spiro atoms. The Labute approximate surface area is 496 Å². The largest absolute Gasteiger partial charge is 0.508 e. The van der Waals surface area contributed by atoms with E-state index in [0.29, 0.717) is 42.4 Å². The van der Waals surface area contributed by atoms with E-state index in [1.807, 2.05) is 45.9 Å². The molecule has 5 fully saturated rings. The Balaban J connectivity index is 1.16. The number of phenolic OH excluding ortho intramolecular Hbond substituents is 1. The number of amides is 10. The molecule has 5 saturated heterocycles. The van der Waals surface area contributed by atoms with Crippen LogP contribution in [-0.2, 0) is 67.2 Å². The molecule has 0 bridgehead atoms. The van der Waals surface area contributed by atoms with E-state index in [-0.39, 0.29) is 102 Å². The number of aromatic hydroxyl groups is 1. The van der Waals surface area contributed by atoms with Crippen LogP contribution in [0.5, 0.6) is 5.75 Å². The van der Waals surface area contributed by atoms with Crippen molar-refractivity contribution < 1.29 is 58.2 Å². The highest BCUT2D eigenvalue weighted by molar-refractivity contribution is 6.00. The van der Waals surface area contributed by atoms with Gasteiger partial charge in [0.1, 0.15) is 66.2 Å². The van der Waals surface area contributed by atoms with Crippen molar-refractivity contribution in [1.82, 2.24) is 51.5 Å². The molecule has 22 nitrogen and oxygen atoms in total. The molecule has 0 radical (unpaired) electrons. The highest BCUT2D eigenvalue weighted by Crippen LogP contribution is 2.27. The molecular formula is C63H84N10O12. The molecule has 3 aromatic carbocycles. The van der Waals surface area contributed by atoms with Gasteiger partial charge >= 0.3 is 0 Å². The third-order valence-corrected chi connectivity index (χ3v) is 16.9. The van der Waals surface area contributed by atoms with Crippen molar-refractivity contribution in [2.75, 3.05) is 26.2 Å². The van der Waals surface area contributed by atoms with E-state index < -0.39 is 126 Å². The van der Waals surface area contributed by atoms with Crippen molar-refractivity contribution in [3.63, 3.8) is 0 Å². The van der Waals surface area contributed by atoms with Crippen molar-refractivity contribution in [3.05, 3.63) is 102 Å². The SMILES string of the molecule is CC(C)C[C@@H]1NC(=O)[C@H](CC(C)C)NC(=O)[C@@H]2CCCN2C(=O)[C@H](Cc2ccccc2)NC(=O)[C@@H]2CCCN2C(=O)[C@H](Cc2ccc(O)cc2)NC(=O)[C@@H]2CCCN2C(=O)[C@H]([C@@H](C)O)NC(=O)[C@@H]2CCCN2C(=O)[C@H](Cc2ccccc2)NC1=O. The molecule has 5 aliphatic rings. The summed E-state index contributed by atoms with van der Waals surface area (Å²) in [5, 5.41) is 38.6. The van der Waals surface area contributed by atoms with Crippen LogP contribution in [0.1, 0.15) is 116 Å². The van der Waals surface area contributed by atoms with Crippen molar-refractivity contribution in [2.24, 2.45) is 11.8 Å². The fraction of sp³-hybridized carbons (Fsp3) is 0.556. The van der Waals surface area contributed by atoms with Crippen molar-refractivity contribution in [1.29, 1.82) is 0 Å². The summed E-state index contributed by atoms with van der Waals surface area (Å²) in [6.45, 7) is 9.30. The van der Waals surface area contributed by atoms with Crippen LogP contribution in [0.4, 0.5) is 0 Å². The zero-order valence-corrected chi connectivity index (χ0v) is 49.4. The Kier molecular flexibility index (Phi) is 21.4. The number of nitrogens with one attached hydrogen (secondary N) is 6. The maximum atomic E-state index is 15.0. The molecule has 5 aliphatic heterocycles. The Morgan fingerprint density at radius 2 is 0.682 bits per heavy atom. The van der Waals surface area contributed by atoms with Crippen LogP contribution in [-0.4, -0.2) is 182 Å². The minimum absolute atomic E-state index is 0.00429. The second kappa shape index (κ2) is 28.8. The number of hydrogen-bond acceptors (Lipinski definition) is 12. The lowest BCUT2D eigenvalue weighted by Gasteiger charge is -2.34. The monoisotopic (exact) mass is 1170 g/mol. The van der Waals surface area contributed by atoms with Crippen LogP contribution in [0.25, 0.3) is 0 Å². The molecule has 0 aliphatic carbocycles. The van der Waals surface area contributed by atoms with Crippen LogP contribution < -0.4 is 31.9 Å². The lowest BCUT2D eigenvalue weighted by atomic mass is 9.98. The van der Waals surface area contributed by atoms with Gasteiger partial charge in [-0.1, -0.05) is 100 Å². The molecule has 0 unspecified atom stereocenters. The molecule has 11 atom stereocenters. The summed E-state index contributed by atoms with van der Waals surface area (Å²) >= 11 is 0. The van der Waals surface area contributed by atoms with E-state index in [1.165, 1.54) is 38.7 Å². The number of carbonyl (C=O) groups excluding carboxylic acids is 10. The Morgan fingerprint density at radius 1 is 0.388 bits per heavy atom. The fourth-order valence-corrected chi connectivity index (χ4v) is 12.6. The summed E-state index contributed by atoms with van der Waals surface area (Å²) in [5.41, 5.74) is 1.96. The van der Waals surface area contributed by atoms with Crippen LogP contribution in [0.3, 0.4) is 0 Å². The lowest BCUT2D eigenvalue weighted by molar-refractivity contribution is -0.147. The predicted molar refractivity (Wildman–Crippen MR) is 313 cm³/mol. The fourth-order valence-electron chi connectivity index (χ4n) is 12.6. The number of phenols is 1. The minimum atomic E-state index is -1.57. The second-order valence-corrected chi connectivity index (χ2v) is 24.3. The van der Waals surface area contributed by atoms with Gasteiger partial charge in [-0.15, -0.1) is 0 Å². The van der Waals surface area contributed by atoms with E-state index in [9.17, 15) is 48.6 Å². The molecule has 3 aromatic rings. The number of carbonyl (C=O) groups is 10. The summed E-state index contributed by atoms with van der Waals surface area (Å²) < 4.78 is 0. The first kappa shape index (κ1) is 63.1. The normalized spacial score (nSPS) is 27.8. The standard InChI is InChI=1S/C63H84N10O12/c1-37(2)32-44-55(77)66-46(34-40-16-8-6-9-17-40)60(82)72-30-14-23-52(72)59(81)69-53(39(5)74)63(85)73-31-15-22-51(73)58(80)68-48(36-42-24-26-43(75)27-25-42)62(84)71-29-13-21-50(71)57(79)67-47(35-41-18-10-7-11-19-41)61(83)70-28-12-20-49(70)56(78)65-45(33-38(3)4)54(76)64-44/h6-11,16-19,24-27,37-39,44-53,74-75H,12-15,20-23,28-36H2,1-5H3,(H,64,76)(H,65,78)(H,66,77)(H,67,79)(H,68,80)(H,69,81)/t39-,44+,45+,46+,47+,48+,49+,50+,51+,52+,53+/m1/s1. The van der Waals surface area contributed by atoms with Gasteiger partial charge in [-0.25, -0.2) is 0 Å². The van der Waals surface area contributed by atoms with Crippen molar-refractivity contribution in [3.8, 4) is 5.75 Å². The molecule has 0 aromatic heterocycles. The average molecular weight is 1170 g/mol. The van der Waals surface area contributed by atoms with Gasteiger partial charge in [0.2, 0.25) is 59.1 Å². The number of aliphatic hydroxyl groups is 1. The molecule has 8 rings (SSSR count). The lowest BCUT2D eigenvalue weighted by Crippen LogP contribution is -2.62. The van der Waals surface area contributed by atoms with Gasteiger partial charge in [-0.2, -0.15) is 0 Å². The maximum absolute atomic E-state index is 15.0. The van der Waals surface area contributed by atoms with Gasteiger partial charge in [-0.05, 0) is 112 Å². The van der Waals surface area contributed by atoms with Gasteiger partial charge in [0.25, 0.3) is 0 Å². The summed E-state index contributed by atoms with van der Waals surface area (Å²) in [6.07, 6.45) is 1.19. The van der Waals surface area contributed by atoms with Gasteiger partial charge in [0.15, 0.2) is 0 Å². The third-order valence-electron chi connectivity index (χ3n) is 16.9. The minimum Gasteiger partial charge on any atom is -0.508 e. The van der Waals surface area contributed by atoms with Crippen molar-refractivity contribution in [2.45, 2.75) is 185 Å². The number of nitrogens with zero attached hydrogens (tertiary/aromatic N) is 4. The molecule has 22 heteroatoms. The zero-order chi connectivity index (χ0) is 61.1. The Bertz CT molecular complexity index is 2890. The Morgan fingerprint density at radius 3 is 1.02 bits per heavy atom. The molecule has 85 heavy (non-hydrogen) atoms. The van der Waals surface area contributed by atoms with E-state index in [2.05, 4.69) is 31.9 Å². The topological polar surface area (TPSA) is 296 Å². The number of fused-ring (bicyclic) bond motifs is 4. The molecule has 8 N–H and O–H groups in total. The summed E-state index contributed by atoms with van der Waals surface area (Å²) in [5.74, 6) is -6.81. The number of rotatable bonds is 11. The highest BCUT2D eigenvalue weighted by Gasteiger charge is 2.46. The zero-order valence-electron chi connectivity index (χ0n) is 49.4. The van der Waals surface area contributed by atoms with Gasteiger partial charge in [0.05, 0.1) is 6.10 Å².